The number of anilines is 2. The zero-order valence-electron chi connectivity index (χ0n) is 13.0. The Kier molecular flexibility index (Phi) is 4.60. The molecule has 1 N–H and O–H groups in total. The third-order valence-electron chi connectivity index (χ3n) is 4.16. The molecule has 0 radical (unpaired) electrons. The molecule has 2 aromatic heterocycles. The molecule has 1 aromatic carbocycles. The lowest BCUT2D eigenvalue weighted by Crippen LogP contribution is -2.02. The summed E-state index contributed by atoms with van der Waals surface area (Å²) in [7, 11) is 0. The lowest BCUT2D eigenvalue weighted by Gasteiger charge is -2.14. The average Bonchev–Trinajstić information content (AvgIpc) is 2.96. The number of halogens is 2. The largest absolute Gasteiger partial charge is 0.338 e. The fourth-order valence-electron chi connectivity index (χ4n) is 3.04. The molecular formula is C17H15Cl2N3S2. The molecule has 2 heterocycles. The second-order valence-corrected chi connectivity index (χ2v) is 8.40. The van der Waals surface area contributed by atoms with Crippen LogP contribution >= 0.6 is 46.3 Å². The van der Waals surface area contributed by atoms with Crippen molar-refractivity contribution in [1.82, 2.24) is 9.97 Å². The van der Waals surface area contributed by atoms with Gasteiger partial charge in [0.2, 0.25) is 0 Å². The van der Waals surface area contributed by atoms with Crippen LogP contribution < -0.4 is 5.32 Å². The van der Waals surface area contributed by atoms with Gasteiger partial charge < -0.3 is 5.32 Å². The third kappa shape index (κ3) is 2.99. The molecule has 0 atom stereocenters. The van der Waals surface area contributed by atoms with Gasteiger partial charge in [-0.1, -0.05) is 35.0 Å². The summed E-state index contributed by atoms with van der Waals surface area (Å²) in [6.07, 6.45) is 6.70. The molecule has 3 aromatic rings. The molecule has 124 valence electrons. The van der Waals surface area contributed by atoms with Crippen LogP contribution in [0.3, 0.4) is 0 Å². The van der Waals surface area contributed by atoms with Gasteiger partial charge in [-0.25, -0.2) is 9.97 Å². The predicted octanol–water partition coefficient (Wildman–Crippen LogP) is 6.34. The number of rotatable bonds is 3. The smallest absolute Gasteiger partial charge is 0.190 e. The van der Waals surface area contributed by atoms with E-state index in [0.717, 1.165) is 39.7 Å². The van der Waals surface area contributed by atoms with Crippen LogP contribution in [0.25, 0.3) is 10.2 Å². The molecule has 4 rings (SSSR count). The van der Waals surface area contributed by atoms with Gasteiger partial charge in [0.05, 0.1) is 16.1 Å². The molecule has 0 unspecified atom stereocenters. The Balaban J connectivity index is 1.89. The Morgan fingerprint density at radius 3 is 2.83 bits per heavy atom. The van der Waals surface area contributed by atoms with Crippen molar-refractivity contribution in [3.05, 3.63) is 38.7 Å². The van der Waals surface area contributed by atoms with E-state index in [0.29, 0.717) is 10.0 Å². The quantitative estimate of drug-likeness (QED) is 0.414. The maximum atomic E-state index is 6.32. The highest BCUT2D eigenvalue weighted by Crippen LogP contribution is 2.40. The molecule has 1 aliphatic rings. The molecule has 0 bridgehead atoms. The minimum Gasteiger partial charge on any atom is -0.338 e. The van der Waals surface area contributed by atoms with Crippen LogP contribution in [-0.4, -0.2) is 16.2 Å². The second-order valence-electron chi connectivity index (χ2n) is 5.70. The summed E-state index contributed by atoms with van der Waals surface area (Å²) < 4.78 is 0. The third-order valence-corrected chi connectivity index (χ3v) is 6.46. The van der Waals surface area contributed by atoms with Gasteiger partial charge in [0.25, 0.3) is 0 Å². The van der Waals surface area contributed by atoms with E-state index in [1.54, 1.807) is 35.2 Å². The van der Waals surface area contributed by atoms with Crippen molar-refractivity contribution in [2.24, 2.45) is 0 Å². The van der Waals surface area contributed by atoms with Crippen LogP contribution in [0, 0.1) is 0 Å². The lowest BCUT2D eigenvalue weighted by atomic mass is 9.97. The monoisotopic (exact) mass is 395 g/mol. The van der Waals surface area contributed by atoms with Gasteiger partial charge in [-0.2, -0.15) is 0 Å². The first-order valence-corrected chi connectivity index (χ1v) is 10.5. The van der Waals surface area contributed by atoms with Crippen molar-refractivity contribution in [2.75, 3.05) is 11.6 Å². The average molecular weight is 396 g/mol. The van der Waals surface area contributed by atoms with Gasteiger partial charge in [0.15, 0.2) is 5.16 Å². The molecule has 1 aliphatic carbocycles. The van der Waals surface area contributed by atoms with E-state index < -0.39 is 0 Å². The number of benzene rings is 1. The van der Waals surface area contributed by atoms with Crippen LogP contribution in [0.15, 0.2) is 23.4 Å². The number of hydrogen-bond donors (Lipinski definition) is 1. The number of aromatic nitrogens is 2. The molecule has 0 saturated carbocycles. The number of thiophene rings is 1. The van der Waals surface area contributed by atoms with E-state index >= 15 is 0 Å². The van der Waals surface area contributed by atoms with Gasteiger partial charge in [-0.15, -0.1) is 11.3 Å². The predicted molar refractivity (Wildman–Crippen MR) is 106 cm³/mol. The van der Waals surface area contributed by atoms with Crippen LogP contribution in [0.2, 0.25) is 10.0 Å². The van der Waals surface area contributed by atoms with E-state index in [1.165, 1.54) is 23.3 Å². The topological polar surface area (TPSA) is 37.8 Å². The van der Waals surface area contributed by atoms with Gasteiger partial charge in [-0.3, -0.25) is 0 Å². The molecule has 0 saturated heterocycles. The molecular weight excluding hydrogens is 381 g/mol. The van der Waals surface area contributed by atoms with E-state index in [2.05, 4.69) is 5.32 Å². The van der Waals surface area contributed by atoms with Crippen molar-refractivity contribution in [1.29, 1.82) is 0 Å². The highest BCUT2D eigenvalue weighted by atomic mass is 35.5. The molecule has 0 fully saturated rings. The summed E-state index contributed by atoms with van der Waals surface area (Å²) in [5, 5.41) is 6.57. The summed E-state index contributed by atoms with van der Waals surface area (Å²) in [4.78, 5) is 11.9. The van der Waals surface area contributed by atoms with Crippen LogP contribution in [0.1, 0.15) is 23.3 Å². The Labute approximate surface area is 158 Å². The maximum Gasteiger partial charge on any atom is 0.190 e. The summed E-state index contributed by atoms with van der Waals surface area (Å²) in [6, 6.07) is 5.41. The highest BCUT2D eigenvalue weighted by Gasteiger charge is 2.21. The van der Waals surface area contributed by atoms with Gasteiger partial charge in [-0.05, 0) is 55.7 Å². The summed E-state index contributed by atoms with van der Waals surface area (Å²) in [5.74, 6) is 0.827. The zero-order valence-corrected chi connectivity index (χ0v) is 16.2. The Hall–Kier alpha value is -1.01. The Bertz CT molecular complexity index is 924. The summed E-state index contributed by atoms with van der Waals surface area (Å²) >= 11 is 15.8. The van der Waals surface area contributed by atoms with E-state index in [1.807, 2.05) is 12.3 Å². The van der Waals surface area contributed by atoms with Crippen LogP contribution in [-0.2, 0) is 12.8 Å². The van der Waals surface area contributed by atoms with Crippen LogP contribution in [0.4, 0.5) is 11.5 Å². The number of thioether (sulfide) groups is 1. The molecule has 24 heavy (non-hydrogen) atoms. The normalized spacial score (nSPS) is 14.0. The Morgan fingerprint density at radius 1 is 1.17 bits per heavy atom. The van der Waals surface area contributed by atoms with Gasteiger partial charge in [0.1, 0.15) is 10.6 Å². The van der Waals surface area contributed by atoms with Gasteiger partial charge in [0, 0.05) is 9.90 Å². The van der Waals surface area contributed by atoms with Crippen molar-refractivity contribution in [3.8, 4) is 0 Å². The first kappa shape index (κ1) is 16.5. The molecule has 3 nitrogen and oxygen atoms in total. The van der Waals surface area contributed by atoms with E-state index in [4.69, 9.17) is 33.2 Å². The molecule has 0 spiro atoms. The number of nitrogens with zero attached hydrogens (tertiary/aromatic N) is 2. The SMILES string of the molecule is CSc1nc(Nc2cc(Cl)ccc2Cl)c2c3c(sc2n1)CCCC3. The Morgan fingerprint density at radius 2 is 2.00 bits per heavy atom. The maximum absolute atomic E-state index is 6.32. The number of nitrogens with one attached hydrogen (secondary N) is 1. The first-order valence-electron chi connectivity index (χ1n) is 7.74. The zero-order chi connectivity index (χ0) is 16.7. The number of aryl methyl sites for hydroxylation is 2. The standard InChI is InChI=1S/C17H15Cl2N3S2/c1-23-17-21-15(20-12-8-9(18)6-7-11(12)19)14-10-4-2-3-5-13(10)24-16(14)22-17/h6-8H,2-5H2,1H3,(H,20,21,22). The lowest BCUT2D eigenvalue weighted by molar-refractivity contribution is 0.700. The number of hydrogen-bond acceptors (Lipinski definition) is 5. The van der Waals surface area contributed by atoms with Crippen molar-refractivity contribution in [3.63, 3.8) is 0 Å². The molecule has 7 heteroatoms. The van der Waals surface area contributed by atoms with Crippen molar-refractivity contribution < 1.29 is 0 Å². The number of fused-ring (bicyclic) bond motifs is 3. The fourth-order valence-corrected chi connectivity index (χ4v) is 5.06. The van der Waals surface area contributed by atoms with Gasteiger partial charge >= 0.3 is 0 Å². The fraction of sp³-hybridized carbons (Fsp3) is 0.294. The van der Waals surface area contributed by atoms with E-state index in [9.17, 15) is 0 Å². The highest BCUT2D eigenvalue weighted by molar-refractivity contribution is 7.98. The van der Waals surface area contributed by atoms with Crippen molar-refractivity contribution in [2.45, 2.75) is 30.8 Å². The van der Waals surface area contributed by atoms with Crippen LogP contribution in [0.5, 0.6) is 0 Å². The summed E-state index contributed by atoms with van der Waals surface area (Å²) in [5.41, 5.74) is 2.17. The summed E-state index contributed by atoms with van der Waals surface area (Å²) in [6.45, 7) is 0. The molecule has 0 aliphatic heterocycles. The molecule has 0 amide bonds. The second kappa shape index (κ2) is 6.71. The van der Waals surface area contributed by atoms with E-state index in [-0.39, 0.29) is 0 Å². The first-order chi connectivity index (χ1) is 11.7. The van der Waals surface area contributed by atoms with Crippen molar-refractivity contribution >= 4 is 68.0 Å². The minimum absolute atomic E-state index is 0.626. The minimum atomic E-state index is 0.626.